The van der Waals surface area contributed by atoms with Gasteiger partial charge >= 0.3 is 6.09 Å². The van der Waals surface area contributed by atoms with Crippen molar-refractivity contribution in [2.45, 2.75) is 46.1 Å². The zero-order chi connectivity index (χ0) is 19.3. The van der Waals surface area contributed by atoms with E-state index in [1.807, 2.05) is 39.8 Å². The lowest BCUT2D eigenvalue weighted by molar-refractivity contribution is -0.127. The Labute approximate surface area is 154 Å². The number of hydrogen-bond acceptors (Lipinski definition) is 4. The number of carbonyl (C=O) groups is 3. The van der Waals surface area contributed by atoms with Crippen molar-refractivity contribution < 1.29 is 19.1 Å². The normalized spacial score (nSPS) is 15.3. The van der Waals surface area contributed by atoms with Gasteiger partial charge in [-0.15, -0.1) is 0 Å². The van der Waals surface area contributed by atoms with E-state index in [1.54, 1.807) is 17.0 Å². The van der Waals surface area contributed by atoms with Crippen molar-refractivity contribution in [3.05, 3.63) is 35.4 Å². The van der Waals surface area contributed by atoms with Gasteiger partial charge in [0.2, 0.25) is 5.91 Å². The van der Waals surface area contributed by atoms with Crippen LogP contribution >= 0.6 is 0 Å². The maximum Gasteiger partial charge on any atom is 0.410 e. The Kier molecular flexibility index (Phi) is 6.23. The highest BCUT2D eigenvalue weighted by Crippen LogP contribution is 2.19. The van der Waals surface area contributed by atoms with Gasteiger partial charge in [-0.25, -0.2) is 4.79 Å². The molecule has 2 N–H and O–H groups in total. The first kappa shape index (κ1) is 19.8. The van der Waals surface area contributed by atoms with Crippen LogP contribution in [-0.4, -0.2) is 41.5 Å². The minimum absolute atomic E-state index is 0.240. The topological polar surface area (TPSA) is 87.7 Å². The molecule has 3 amide bonds. The number of nitrogens with zero attached hydrogens (tertiary/aromatic N) is 1. The van der Waals surface area contributed by atoms with Crippen LogP contribution in [0.15, 0.2) is 24.3 Å². The number of hydrazine groups is 1. The lowest BCUT2D eigenvalue weighted by Crippen LogP contribution is -2.48. The average Bonchev–Trinajstić information content (AvgIpc) is 2.58. The Morgan fingerprint density at radius 2 is 1.69 bits per heavy atom. The molecule has 7 heteroatoms. The van der Waals surface area contributed by atoms with Gasteiger partial charge in [-0.3, -0.25) is 20.4 Å². The predicted octanol–water partition coefficient (Wildman–Crippen LogP) is 2.40. The van der Waals surface area contributed by atoms with Gasteiger partial charge in [0, 0.05) is 24.6 Å². The fraction of sp³-hybridized carbons (Fsp3) is 0.526. The highest BCUT2D eigenvalue weighted by atomic mass is 16.6. The highest BCUT2D eigenvalue weighted by Gasteiger charge is 2.30. The maximum absolute atomic E-state index is 12.3. The van der Waals surface area contributed by atoms with Crippen LogP contribution in [0.5, 0.6) is 0 Å². The molecule has 0 atom stereocenters. The fourth-order valence-electron chi connectivity index (χ4n) is 2.77. The summed E-state index contributed by atoms with van der Waals surface area (Å²) in [5, 5.41) is 0. The number of likely N-dealkylation sites (tertiary alicyclic amines) is 1. The number of rotatable bonds is 2. The minimum atomic E-state index is -0.537. The first-order valence-electron chi connectivity index (χ1n) is 8.81. The number of nitrogens with one attached hydrogen (secondary N) is 2. The maximum atomic E-state index is 12.3. The van der Waals surface area contributed by atoms with E-state index < -0.39 is 5.60 Å². The fourth-order valence-corrected chi connectivity index (χ4v) is 2.77. The number of amides is 3. The first-order valence-corrected chi connectivity index (χ1v) is 8.81. The standard InChI is InChI=1S/C19H27N3O4/c1-13-7-5-6-8-15(13)17(24)21-20-16(23)14-9-11-22(12-10-14)18(25)26-19(2,3)4/h5-8,14H,9-12H2,1-4H3,(H,20,23)(H,21,24). The van der Waals surface area contributed by atoms with Gasteiger partial charge in [0.1, 0.15) is 5.60 Å². The summed E-state index contributed by atoms with van der Waals surface area (Å²) in [6.45, 7) is 8.22. The summed E-state index contributed by atoms with van der Waals surface area (Å²) in [6.07, 6.45) is 0.709. The predicted molar refractivity (Wildman–Crippen MR) is 97.3 cm³/mol. The summed E-state index contributed by atoms with van der Waals surface area (Å²) < 4.78 is 5.34. The summed E-state index contributed by atoms with van der Waals surface area (Å²) in [4.78, 5) is 38.0. The van der Waals surface area contributed by atoms with E-state index in [0.717, 1.165) is 5.56 Å². The molecule has 1 saturated heterocycles. The Morgan fingerprint density at radius 1 is 1.08 bits per heavy atom. The van der Waals surface area contributed by atoms with Gasteiger partial charge in [-0.05, 0) is 52.2 Å². The van der Waals surface area contributed by atoms with Crippen LogP contribution in [0, 0.1) is 12.8 Å². The highest BCUT2D eigenvalue weighted by molar-refractivity contribution is 5.96. The van der Waals surface area contributed by atoms with Gasteiger partial charge in [-0.2, -0.15) is 0 Å². The van der Waals surface area contributed by atoms with E-state index in [-0.39, 0.29) is 23.8 Å². The van der Waals surface area contributed by atoms with Gasteiger partial charge in [0.25, 0.3) is 5.91 Å². The van der Waals surface area contributed by atoms with Crippen molar-refractivity contribution in [1.82, 2.24) is 15.8 Å². The van der Waals surface area contributed by atoms with Gasteiger partial charge in [-0.1, -0.05) is 18.2 Å². The van der Waals surface area contributed by atoms with Crippen LogP contribution in [0.1, 0.15) is 49.5 Å². The van der Waals surface area contributed by atoms with E-state index in [4.69, 9.17) is 4.74 Å². The molecule has 1 aromatic rings. The molecule has 1 aromatic carbocycles. The smallest absolute Gasteiger partial charge is 0.410 e. The average molecular weight is 361 g/mol. The van der Waals surface area contributed by atoms with Gasteiger partial charge < -0.3 is 9.64 Å². The number of ether oxygens (including phenoxy) is 1. The second-order valence-electron chi connectivity index (χ2n) is 7.50. The van der Waals surface area contributed by atoms with Crippen molar-refractivity contribution in [1.29, 1.82) is 0 Å². The Hall–Kier alpha value is -2.57. The number of aryl methyl sites for hydroxylation is 1. The molecule has 2 rings (SSSR count). The number of hydrogen-bond donors (Lipinski definition) is 2. The molecule has 0 aromatic heterocycles. The van der Waals surface area contributed by atoms with Crippen LogP contribution in [0.4, 0.5) is 4.79 Å². The molecule has 0 aliphatic carbocycles. The molecule has 1 fully saturated rings. The molecule has 1 aliphatic heterocycles. The number of carbonyl (C=O) groups excluding carboxylic acids is 3. The molecule has 26 heavy (non-hydrogen) atoms. The summed E-state index contributed by atoms with van der Waals surface area (Å²) in [5.74, 6) is -0.829. The van der Waals surface area contributed by atoms with E-state index in [2.05, 4.69) is 10.9 Å². The van der Waals surface area contributed by atoms with Gasteiger partial charge in [0.15, 0.2) is 0 Å². The Balaban J connectivity index is 1.79. The lowest BCUT2D eigenvalue weighted by Gasteiger charge is -2.32. The summed E-state index contributed by atoms with van der Waals surface area (Å²) >= 11 is 0. The van der Waals surface area contributed by atoms with Crippen molar-refractivity contribution >= 4 is 17.9 Å². The lowest BCUT2D eigenvalue weighted by atomic mass is 9.96. The van der Waals surface area contributed by atoms with E-state index in [9.17, 15) is 14.4 Å². The van der Waals surface area contributed by atoms with Gasteiger partial charge in [0.05, 0.1) is 0 Å². The summed E-state index contributed by atoms with van der Waals surface area (Å²) in [5.41, 5.74) is 5.77. The number of benzene rings is 1. The van der Waals surface area contributed by atoms with Crippen LogP contribution in [0.2, 0.25) is 0 Å². The zero-order valence-electron chi connectivity index (χ0n) is 15.8. The van der Waals surface area contributed by atoms with E-state index in [1.165, 1.54) is 0 Å². The second-order valence-corrected chi connectivity index (χ2v) is 7.50. The van der Waals surface area contributed by atoms with Crippen molar-refractivity contribution in [2.24, 2.45) is 5.92 Å². The quantitative estimate of drug-likeness (QED) is 0.792. The van der Waals surface area contributed by atoms with Crippen molar-refractivity contribution in [3.8, 4) is 0 Å². The largest absolute Gasteiger partial charge is 0.444 e. The van der Waals surface area contributed by atoms with Crippen LogP contribution < -0.4 is 10.9 Å². The van der Waals surface area contributed by atoms with E-state index in [0.29, 0.717) is 31.5 Å². The SMILES string of the molecule is Cc1ccccc1C(=O)NNC(=O)C1CCN(C(=O)OC(C)(C)C)CC1. The molecule has 1 aliphatic rings. The number of piperidine rings is 1. The summed E-state index contributed by atoms with van der Waals surface area (Å²) in [7, 11) is 0. The van der Waals surface area contributed by atoms with Crippen LogP contribution in [0.25, 0.3) is 0 Å². The molecule has 0 radical (unpaired) electrons. The van der Waals surface area contributed by atoms with Crippen LogP contribution in [0.3, 0.4) is 0 Å². The third-order valence-electron chi connectivity index (χ3n) is 4.21. The second kappa shape index (κ2) is 8.21. The molecule has 142 valence electrons. The molecule has 0 bridgehead atoms. The van der Waals surface area contributed by atoms with Crippen molar-refractivity contribution in [2.75, 3.05) is 13.1 Å². The molecule has 0 saturated carbocycles. The summed E-state index contributed by atoms with van der Waals surface area (Å²) in [6, 6.07) is 7.17. The Bertz CT molecular complexity index is 674. The molecule has 7 nitrogen and oxygen atoms in total. The molecular weight excluding hydrogens is 334 g/mol. The third kappa shape index (κ3) is 5.47. The Morgan fingerprint density at radius 3 is 2.27 bits per heavy atom. The van der Waals surface area contributed by atoms with E-state index >= 15 is 0 Å². The third-order valence-corrected chi connectivity index (χ3v) is 4.21. The molecule has 0 unspecified atom stereocenters. The zero-order valence-corrected chi connectivity index (χ0v) is 15.8. The first-order chi connectivity index (χ1) is 12.2. The molecular formula is C19H27N3O4. The van der Waals surface area contributed by atoms with Crippen LogP contribution in [-0.2, 0) is 9.53 Å². The monoisotopic (exact) mass is 361 g/mol. The minimum Gasteiger partial charge on any atom is -0.444 e. The van der Waals surface area contributed by atoms with Crippen molar-refractivity contribution in [3.63, 3.8) is 0 Å². The molecule has 1 heterocycles. The molecule has 0 spiro atoms.